The molecule has 1 N–H and O–H groups in total. The Bertz CT molecular complexity index is 836. The zero-order valence-electron chi connectivity index (χ0n) is 15.7. The summed E-state index contributed by atoms with van der Waals surface area (Å²) in [5, 5.41) is 13.3. The van der Waals surface area contributed by atoms with Crippen LogP contribution in [-0.4, -0.2) is 29.5 Å². The van der Waals surface area contributed by atoms with Crippen LogP contribution in [-0.2, 0) is 33.8 Å². The van der Waals surface area contributed by atoms with Gasteiger partial charge in [0.15, 0.2) is 0 Å². The Balaban J connectivity index is 1.39. The van der Waals surface area contributed by atoms with Crippen molar-refractivity contribution in [3.8, 4) is 0 Å². The fraction of sp³-hybridized carbons (Fsp3) is 0.391. The van der Waals surface area contributed by atoms with Gasteiger partial charge < -0.3 is 14.7 Å². The highest BCUT2D eigenvalue weighted by Gasteiger charge is 2.48. The van der Waals surface area contributed by atoms with Gasteiger partial charge in [-0.2, -0.15) is 0 Å². The molecule has 0 radical (unpaired) electrons. The van der Waals surface area contributed by atoms with Gasteiger partial charge in [-0.25, -0.2) is 0 Å². The van der Waals surface area contributed by atoms with E-state index in [0.29, 0.717) is 12.5 Å². The Hall–Kier alpha value is -2.66. The van der Waals surface area contributed by atoms with E-state index in [1.807, 2.05) is 54.7 Å². The summed E-state index contributed by atoms with van der Waals surface area (Å²) in [7, 11) is 0. The first-order chi connectivity index (χ1) is 13.7. The molecule has 0 amide bonds. The van der Waals surface area contributed by atoms with E-state index in [4.69, 9.17) is 14.7 Å². The van der Waals surface area contributed by atoms with Crippen LogP contribution in [0.3, 0.4) is 0 Å². The largest absolute Gasteiger partial charge is 0.481 e. The molecule has 5 nitrogen and oxygen atoms in total. The Morgan fingerprint density at radius 3 is 2.64 bits per heavy atom. The van der Waals surface area contributed by atoms with Crippen molar-refractivity contribution < 1.29 is 19.5 Å². The van der Waals surface area contributed by atoms with Crippen LogP contribution < -0.4 is 0 Å². The lowest BCUT2D eigenvalue weighted by Crippen LogP contribution is -2.30. The highest BCUT2D eigenvalue weighted by Crippen LogP contribution is 2.44. The third-order valence-electron chi connectivity index (χ3n) is 5.69. The number of nitrogens with zero attached hydrogens (tertiary/aromatic N) is 1. The van der Waals surface area contributed by atoms with Crippen LogP contribution in [0.25, 0.3) is 0 Å². The number of aliphatic carboxylic acids is 1. The minimum Gasteiger partial charge on any atom is -0.481 e. The molecular weight excluding hydrogens is 354 g/mol. The Morgan fingerprint density at radius 1 is 1.07 bits per heavy atom. The molecule has 2 aliphatic heterocycles. The molecule has 2 aliphatic rings. The van der Waals surface area contributed by atoms with Crippen molar-refractivity contribution in [2.75, 3.05) is 0 Å². The summed E-state index contributed by atoms with van der Waals surface area (Å²) >= 11 is 0. The van der Waals surface area contributed by atoms with Crippen molar-refractivity contribution in [3.05, 3.63) is 71.3 Å². The number of carboxylic acids is 1. The molecule has 0 aromatic heterocycles. The molecule has 28 heavy (non-hydrogen) atoms. The van der Waals surface area contributed by atoms with Gasteiger partial charge in [0.05, 0.1) is 18.6 Å². The van der Waals surface area contributed by atoms with Crippen molar-refractivity contribution in [1.82, 2.24) is 0 Å². The fourth-order valence-corrected chi connectivity index (χ4v) is 4.40. The Kier molecular flexibility index (Phi) is 5.72. The number of fused-ring (bicyclic) bond motifs is 2. The summed E-state index contributed by atoms with van der Waals surface area (Å²) in [6.07, 6.45) is 5.44. The number of carboxylic acid groups (broad SMARTS) is 1. The van der Waals surface area contributed by atoms with Gasteiger partial charge in [-0.15, -0.1) is 0 Å². The molecular formula is C23H25NO4. The average Bonchev–Trinajstić information content (AvgIpc) is 3.28. The quantitative estimate of drug-likeness (QED) is 0.559. The van der Waals surface area contributed by atoms with Crippen LogP contribution in [0.2, 0.25) is 0 Å². The van der Waals surface area contributed by atoms with E-state index in [2.05, 4.69) is 11.2 Å². The van der Waals surface area contributed by atoms with Gasteiger partial charge in [0.1, 0.15) is 6.61 Å². The lowest BCUT2D eigenvalue weighted by molar-refractivity contribution is -0.136. The predicted molar refractivity (Wildman–Crippen MR) is 106 cm³/mol. The molecule has 2 saturated heterocycles. The molecule has 2 aromatic rings. The normalized spacial score (nSPS) is 26.0. The number of rotatable bonds is 8. The van der Waals surface area contributed by atoms with E-state index in [1.54, 1.807) is 0 Å². The van der Waals surface area contributed by atoms with E-state index in [1.165, 1.54) is 0 Å². The number of ether oxygens (including phenoxy) is 1. The highest BCUT2D eigenvalue weighted by atomic mass is 16.6. The summed E-state index contributed by atoms with van der Waals surface area (Å²) in [5.74, 6) is -0.221. The van der Waals surface area contributed by atoms with Crippen molar-refractivity contribution in [3.63, 3.8) is 0 Å². The van der Waals surface area contributed by atoms with Crippen LogP contribution in [0.5, 0.6) is 0 Å². The van der Waals surface area contributed by atoms with E-state index in [-0.39, 0.29) is 24.5 Å². The number of hydrogen-bond acceptors (Lipinski definition) is 4. The summed E-state index contributed by atoms with van der Waals surface area (Å²) in [6, 6.07) is 17.9. The highest BCUT2D eigenvalue weighted by molar-refractivity contribution is 5.70. The maximum Gasteiger partial charge on any atom is 0.307 e. The smallest absolute Gasteiger partial charge is 0.307 e. The zero-order chi connectivity index (χ0) is 19.3. The Morgan fingerprint density at radius 2 is 1.82 bits per heavy atom. The van der Waals surface area contributed by atoms with Crippen molar-refractivity contribution in [2.45, 2.75) is 44.5 Å². The number of benzene rings is 2. The lowest BCUT2D eigenvalue weighted by Gasteiger charge is -2.25. The van der Waals surface area contributed by atoms with Crippen molar-refractivity contribution in [1.29, 1.82) is 0 Å². The first-order valence-electron chi connectivity index (χ1n) is 9.83. The van der Waals surface area contributed by atoms with Crippen molar-refractivity contribution >= 4 is 12.2 Å². The van der Waals surface area contributed by atoms with Gasteiger partial charge in [0.2, 0.25) is 0 Å². The van der Waals surface area contributed by atoms with Gasteiger partial charge in [-0.3, -0.25) is 4.79 Å². The van der Waals surface area contributed by atoms with Crippen LogP contribution in [0.15, 0.2) is 59.8 Å². The molecule has 0 spiro atoms. The monoisotopic (exact) mass is 379 g/mol. The van der Waals surface area contributed by atoms with Crippen LogP contribution in [0, 0.1) is 11.8 Å². The minimum absolute atomic E-state index is 0.0548. The minimum atomic E-state index is -0.805. The second-order valence-corrected chi connectivity index (χ2v) is 7.64. The standard InChI is InChI=1S/C23H25NO4/c25-23(26)13-18-8-4-7-17(11-18)12-19-20(22-10-9-21(19)28-22)14-24-27-15-16-5-2-1-3-6-16/h1-8,11,14,19-22H,9-10,12-13,15H2,(H,25,26)/t19-,20+,21-,22+/m1/s1. The molecule has 4 rings (SSSR count). The number of oxime groups is 1. The molecule has 146 valence electrons. The van der Waals surface area contributed by atoms with Gasteiger partial charge >= 0.3 is 5.97 Å². The van der Waals surface area contributed by atoms with Gasteiger partial charge in [0, 0.05) is 12.1 Å². The Labute approximate surface area is 165 Å². The number of carbonyl (C=O) groups is 1. The van der Waals surface area contributed by atoms with E-state index in [9.17, 15) is 4.79 Å². The topological polar surface area (TPSA) is 68.1 Å². The van der Waals surface area contributed by atoms with Gasteiger partial charge in [0.25, 0.3) is 0 Å². The molecule has 0 saturated carbocycles. The van der Waals surface area contributed by atoms with E-state index < -0.39 is 5.97 Å². The van der Waals surface area contributed by atoms with E-state index >= 15 is 0 Å². The average molecular weight is 379 g/mol. The fourth-order valence-electron chi connectivity index (χ4n) is 4.40. The van der Waals surface area contributed by atoms with Gasteiger partial charge in [-0.1, -0.05) is 59.8 Å². The summed E-state index contributed by atoms with van der Waals surface area (Å²) in [5.41, 5.74) is 3.09. The van der Waals surface area contributed by atoms with E-state index in [0.717, 1.165) is 36.0 Å². The zero-order valence-corrected chi connectivity index (χ0v) is 15.7. The molecule has 2 fully saturated rings. The van der Waals surface area contributed by atoms with Crippen LogP contribution in [0.1, 0.15) is 29.5 Å². The predicted octanol–water partition coefficient (Wildman–Crippen LogP) is 3.85. The maximum absolute atomic E-state index is 11.0. The first kappa shape index (κ1) is 18.7. The SMILES string of the molecule is O=C(O)Cc1cccc(C[C@@H]2[C@H](C=NOCc3ccccc3)[C@@H]3CC[C@H]2O3)c1. The third kappa shape index (κ3) is 4.42. The maximum atomic E-state index is 11.0. The van der Waals surface area contributed by atoms with Gasteiger partial charge in [-0.05, 0) is 41.9 Å². The first-order valence-corrected chi connectivity index (χ1v) is 9.83. The molecule has 5 heteroatoms. The molecule has 2 aromatic carbocycles. The molecule has 4 atom stereocenters. The van der Waals surface area contributed by atoms with Crippen molar-refractivity contribution in [2.24, 2.45) is 17.0 Å². The second-order valence-electron chi connectivity index (χ2n) is 7.64. The molecule has 0 aliphatic carbocycles. The number of hydrogen-bond donors (Lipinski definition) is 1. The summed E-state index contributed by atoms with van der Waals surface area (Å²) < 4.78 is 6.14. The molecule has 0 unspecified atom stereocenters. The summed E-state index contributed by atoms with van der Waals surface area (Å²) in [4.78, 5) is 16.5. The van der Waals surface area contributed by atoms with Crippen LogP contribution >= 0.6 is 0 Å². The molecule has 2 heterocycles. The lowest BCUT2D eigenvalue weighted by atomic mass is 9.76. The summed E-state index contributed by atoms with van der Waals surface area (Å²) in [6.45, 7) is 0.459. The molecule has 2 bridgehead atoms. The third-order valence-corrected chi connectivity index (χ3v) is 5.69. The second kappa shape index (κ2) is 8.57. The van der Waals surface area contributed by atoms with Crippen LogP contribution in [0.4, 0.5) is 0 Å².